The summed E-state index contributed by atoms with van der Waals surface area (Å²) in [4.78, 5) is 30.0. The topological polar surface area (TPSA) is 140 Å². The van der Waals surface area contributed by atoms with Crippen molar-refractivity contribution in [3.05, 3.63) is 46.1 Å². The van der Waals surface area contributed by atoms with Gasteiger partial charge in [0.1, 0.15) is 23.7 Å². The first-order chi connectivity index (χ1) is 17.5. The van der Waals surface area contributed by atoms with Crippen LogP contribution in [-0.4, -0.2) is 47.4 Å². The molecule has 0 amide bonds. The number of hydrogen-bond donors (Lipinski definition) is 3. The summed E-state index contributed by atoms with van der Waals surface area (Å²) >= 11 is 0. The lowest BCUT2D eigenvalue weighted by molar-refractivity contribution is -0.122. The Morgan fingerprint density at radius 3 is 2.46 bits per heavy atom. The Bertz CT molecular complexity index is 983. The second kappa shape index (κ2) is 17.8. The molecule has 0 saturated heterocycles. The molecule has 0 aliphatic carbocycles. The van der Waals surface area contributed by atoms with Crippen molar-refractivity contribution >= 4 is 20.0 Å². The minimum atomic E-state index is -3.50. The van der Waals surface area contributed by atoms with Gasteiger partial charge in [-0.25, -0.2) is 4.79 Å². The lowest BCUT2D eigenvalue weighted by Gasteiger charge is -2.16. The Morgan fingerprint density at radius 1 is 1.27 bits per heavy atom. The third-order valence-electron chi connectivity index (χ3n) is 5.71. The van der Waals surface area contributed by atoms with Gasteiger partial charge in [0.05, 0.1) is 19.9 Å². The summed E-state index contributed by atoms with van der Waals surface area (Å²) in [5, 5.41) is 17.6. The summed E-state index contributed by atoms with van der Waals surface area (Å²) in [6.45, 7) is 11.9. The maximum Gasteiger partial charge on any atom is 0.342 e. The van der Waals surface area contributed by atoms with Crippen LogP contribution in [-0.2, 0) is 31.6 Å². The second-order valence-electron chi connectivity index (χ2n) is 8.36. The van der Waals surface area contributed by atoms with E-state index in [-0.39, 0.29) is 37.2 Å². The van der Waals surface area contributed by atoms with Crippen molar-refractivity contribution < 1.29 is 43.3 Å². The van der Waals surface area contributed by atoms with Gasteiger partial charge in [0, 0.05) is 11.1 Å². The molecule has 37 heavy (non-hydrogen) atoms. The third kappa shape index (κ3) is 11.1. The number of carbonyl (C=O) groups excluding carboxylic acids is 1. The summed E-state index contributed by atoms with van der Waals surface area (Å²) in [7, 11) is -1.94. The minimum Gasteiger partial charge on any atom is -0.507 e. The van der Waals surface area contributed by atoms with Crippen LogP contribution in [0.2, 0.25) is 0 Å². The molecule has 0 aromatic heterocycles. The number of allylic oxidation sites excluding steroid dienone is 4. The number of carbonyl (C=O) groups is 2. The first-order valence-corrected chi connectivity index (χ1v) is 14.2. The fourth-order valence-electron chi connectivity index (χ4n) is 3.79. The van der Waals surface area contributed by atoms with Gasteiger partial charge < -0.3 is 29.1 Å². The van der Waals surface area contributed by atoms with Gasteiger partial charge in [0.15, 0.2) is 0 Å². The van der Waals surface area contributed by atoms with Crippen molar-refractivity contribution in [3.8, 4) is 11.5 Å². The molecule has 1 aliphatic heterocycles. The number of cyclic esters (lactones) is 1. The van der Waals surface area contributed by atoms with Crippen molar-refractivity contribution in [3.63, 3.8) is 0 Å². The second-order valence-corrected chi connectivity index (χ2v) is 10.3. The van der Waals surface area contributed by atoms with Crippen LogP contribution in [0, 0.1) is 12.8 Å². The molecule has 9 nitrogen and oxygen atoms in total. The van der Waals surface area contributed by atoms with E-state index >= 15 is 0 Å². The fourth-order valence-corrected chi connectivity index (χ4v) is 4.71. The molecule has 2 rings (SSSR count). The van der Waals surface area contributed by atoms with Gasteiger partial charge >= 0.3 is 13.6 Å². The third-order valence-corrected chi connectivity index (χ3v) is 7.04. The van der Waals surface area contributed by atoms with E-state index in [2.05, 4.69) is 13.0 Å². The first kappa shape index (κ1) is 34.4. The molecule has 1 aliphatic rings. The molecule has 210 valence electrons. The predicted octanol–water partition coefficient (Wildman–Crippen LogP) is 6.18. The van der Waals surface area contributed by atoms with E-state index in [9.17, 15) is 19.4 Å². The molecule has 1 aromatic rings. The number of hydrogen-bond acceptors (Lipinski definition) is 7. The monoisotopic (exact) mass is 542 g/mol. The number of rotatable bonds is 12. The lowest BCUT2D eigenvalue weighted by atomic mass is 9.94. The highest BCUT2D eigenvalue weighted by Crippen LogP contribution is 2.42. The minimum absolute atomic E-state index is 0.0333. The fraction of sp³-hybridized carbons (Fsp3) is 0.556. The average Bonchev–Trinajstić information content (AvgIpc) is 3.25. The van der Waals surface area contributed by atoms with Crippen molar-refractivity contribution in [2.45, 2.75) is 73.8 Å². The van der Waals surface area contributed by atoms with Crippen molar-refractivity contribution in [1.29, 1.82) is 0 Å². The van der Waals surface area contributed by atoms with Gasteiger partial charge in [-0.15, -0.1) is 0 Å². The van der Waals surface area contributed by atoms with Crippen LogP contribution in [0.25, 0.3) is 0 Å². The zero-order chi connectivity index (χ0) is 28.6. The number of phenolic OH excluding ortho intramolecular Hbond substituents is 1. The Hall–Kier alpha value is -2.61. The number of benzene rings is 1. The Kier molecular flexibility index (Phi) is 16.5. The van der Waals surface area contributed by atoms with E-state index in [1.807, 2.05) is 33.8 Å². The van der Waals surface area contributed by atoms with Crippen LogP contribution in [0.5, 0.6) is 11.5 Å². The van der Waals surface area contributed by atoms with Crippen LogP contribution in [0.3, 0.4) is 0 Å². The van der Waals surface area contributed by atoms with E-state index < -0.39 is 13.6 Å². The van der Waals surface area contributed by atoms with Gasteiger partial charge in [-0.1, -0.05) is 44.6 Å². The van der Waals surface area contributed by atoms with Crippen LogP contribution in [0.1, 0.15) is 80.9 Å². The summed E-state index contributed by atoms with van der Waals surface area (Å²) in [6.07, 6.45) is 8.86. The van der Waals surface area contributed by atoms with Crippen LogP contribution in [0.4, 0.5) is 0 Å². The molecule has 0 saturated carbocycles. The number of esters is 1. The molecule has 1 heterocycles. The number of aromatic hydroxyl groups is 1. The number of carboxylic acid groups (broad SMARTS) is 1. The van der Waals surface area contributed by atoms with Crippen molar-refractivity contribution in [2.24, 2.45) is 5.92 Å². The van der Waals surface area contributed by atoms with Gasteiger partial charge in [-0.2, -0.15) is 0 Å². The first-order valence-electron chi connectivity index (χ1n) is 12.5. The highest BCUT2D eigenvalue weighted by molar-refractivity contribution is 7.53. The molecule has 3 N–H and O–H groups in total. The van der Waals surface area contributed by atoms with E-state index in [1.165, 1.54) is 5.57 Å². The summed E-state index contributed by atoms with van der Waals surface area (Å²) in [5.74, 6) is 0.460. The van der Waals surface area contributed by atoms with Gasteiger partial charge in [0.2, 0.25) is 0 Å². The van der Waals surface area contributed by atoms with Crippen LogP contribution in [0.15, 0.2) is 23.8 Å². The highest BCUT2D eigenvalue weighted by atomic mass is 31.2. The van der Waals surface area contributed by atoms with Gasteiger partial charge in [0.25, 0.3) is 6.47 Å². The number of ether oxygens (including phenoxy) is 2. The standard InChI is InChI=1S/C24H35O7P.C2H6.CH2O2/c1-6-31-32(27,28)14-8-7-9-16(2)10-11-17(3)12-13-19-22(25)21-20(15-30-24(21)26)18(4)23(19)29-5;1-2;2-1-3/h7-8,12,16,25H,6,9-11,13-15H2,1-5H3,(H,27,28);1-2H3;1H,(H,2,3)/b8-7+,17-12+;;. The molecule has 0 fully saturated rings. The predicted molar refractivity (Wildman–Crippen MR) is 144 cm³/mol. The highest BCUT2D eigenvalue weighted by Gasteiger charge is 2.31. The van der Waals surface area contributed by atoms with Crippen LogP contribution >= 0.6 is 7.60 Å². The normalized spacial score (nSPS) is 14.9. The molecule has 0 bridgehead atoms. The smallest absolute Gasteiger partial charge is 0.342 e. The largest absolute Gasteiger partial charge is 0.507 e. The molecule has 0 radical (unpaired) electrons. The number of fused-ring (bicyclic) bond motifs is 1. The summed E-state index contributed by atoms with van der Waals surface area (Å²) in [5.41, 5.74) is 3.54. The number of phenols is 1. The van der Waals surface area contributed by atoms with E-state index in [1.54, 1.807) is 20.1 Å². The van der Waals surface area contributed by atoms with E-state index in [0.717, 1.165) is 24.8 Å². The molecule has 2 atom stereocenters. The molecule has 2 unspecified atom stereocenters. The zero-order valence-electron chi connectivity index (χ0n) is 23.1. The Labute approximate surface area is 220 Å². The maximum absolute atomic E-state index is 12.0. The molecule has 10 heteroatoms. The Morgan fingerprint density at radius 2 is 1.89 bits per heavy atom. The number of methoxy groups -OCH3 is 1. The van der Waals surface area contributed by atoms with Crippen molar-refractivity contribution in [1.82, 2.24) is 0 Å². The average molecular weight is 543 g/mol. The SMILES string of the molecule is CC.CCOP(=O)(O)C/C=C/CC(C)CC/C(C)=C/Cc1c(O)c2c(c(C)c1OC)COC2=O.O=CO. The Balaban J connectivity index is 0.00000241. The van der Waals surface area contributed by atoms with Crippen molar-refractivity contribution in [2.75, 3.05) is 19.9 Å². The zero-order valence-corrected chi connectivity index (χ0v) is 24.0. The molecule has 0 spiro atoms. The van der Waals surface area contributed by atoms with Crippen LogP contribution < -0.4 is 4.74 Å². The lowest BCUT2D eigenvalue weighted by Crippen LogP contribution is -2.03. The quantitative estimate of drug-likeness (QED) is 0.122. The molecule has 1 aromatic carbocycles. The maximum atomic E-state index is 12.0. The van der Waals surface area contributed by atoms with E-state index in [0.29, 0.717) is 29.2 Å². The van der Waals surface area contributed by atoms with Gasteiger partial charge in [-0.05, 0) is 57.9 Å². The molecular weight excluding hydrogens is 499 g/mol. The van der Waals surface area contributed by atoms with Gasteiger partial charge in [-0.3, -0.25) is 9.36 Å². The molecular formula is C27H43O9P. The van der Waals surface area contributed by atoms with E-state index in [4.69, 9.17) is 23.9 Å². The summed E-state index contributed by atoms with van der Waals surface area (Å²) < 4.78 is 27.1. The summed E-state index contributed by atoms with van der Waals surface area (Å²) in [6, 6.07) is 0.